The maximum atomic E-state index is 11.8. The Morgan fingerprint density at radius 3 is 2.47 bits per heavy atom. The molecule has 0 spiro atoms. The van der Waals surface area contributed by atoms with E-state index in [1.165, 1.54) is 0 Å². The Kier molecular flexibility index (Phi) is 3.39. The lowest BCUT2D eigenvalue weighted by Gasteiger charge is -2.04. The van der Waals surface area contributed by atoms with E-state index >= 15 is 0 Å². The predicted octanol–water partition coefficient (Wildman–Crippen LogP) is 2.68. The molecule has 2 aromatic rings. The number of amides is 1. The fraction of sp³-hybridized carbons (Fsp3) is 0. The number of nitrogens with one attached hydrogen (secondary N) is 1. The summed E-state index contributed by atoms with van der Waals surface area (Å²) in [6.45, 7) is 0. The number of carbonyl (C=O) groups excluding carboxylic acids is 1. The summed E-state index contributed by atoms with van der Waals surface area (Å²) in [5.74, 6) is -0.248. The Labute approximate surface area is 107 Å². The Morgan fingerprint density at radius 1 is 1.18 bits per heavy atom. The SMILES string of the molecule is Nc1ccc(NC(=O)c2ccc(Br)cn2)cc1. The molecule has 4 nitrogen and oxygen atoms in total. The van der Waals surface area contributed by atoms with Crippen LogP contribution in [0.15, 0.2) is 47.1 Å². The highest BCUT2D eigenvalue weighted by atomic mass is 79.9. The Morgan fingerprint density at radius 2 is 1.88 bits per heavy atom. The molecule has 0 aliphatic rings. The zero-order valence-corrected chi connectivity index (χ0v) is 10.4. The van der Waals surface area contributed by atoms with Gasteiger partial charge in [0.1, 0.15) is 5.69 Å². The molecule has 2 rings (SSSR count). The van der Waals surface area contributed by atoms with E-state index in [2.05, 4.69) is 26.2 Å². The van der Waals surface area contributed by atoms with Crippen LogP contribution < -0.4 is 11.1 Å². The molecule has 0 unspecified atom stereocenters. The van der Waals surface area contributed by atoms with Crippen molar-refractivity contribution in [2.24, 2.45) is 0 Å². The molecule has 3 N–H and O–H groups in total. The largest absolute Gasteiger partial charge is 0.399 e. The summed E-state index contributed by atoms with van der Waals surface area (Å²) in [5.41, 5.74) is 7.27. The van der Waals surface area contributed by atoms with Crippen LogP contribution in [0.5, 0.6) is 0 Å². The van der Waals surface area contributed by atoms with E-state index in [0.717, 1.165) is 4.47 Å². The monoisotopic (exact) mass is 291 g/mol. The van der Waals surface area contributed by atoms with Crippen LogP contribution in [0.25, 0.3) is 0 Å². The molecule has 1 aromatic heterocycles. The Bertz CT molecular complexity index is 522. The lowest BCUT2D eigenvalue weighted by atomic mass is 10.2. The molecule has 0 bridgehead atoms. The Balaban J connectivity index is 2.11. The molecular formula is C12H10BrN3O. The van der Waals surface area contributed by atoms with Gasteiger partial charge in [0.25, 0.3) is 5.91 Å². The molecule has 1 aromatic carbocycles. The zero-order chi connectivity index (χ0) is 12.3. The van der Waals surface area contributed by atoms with Crippen molar-refractivity contribution in [2.75, 3.05) is 11.1 Å². The van der Waals surface area contributed by atoms with Crippen LogP contribution in [0.3, 0.4) is 0 Å². The molecule has 0 aliphatic heterocycles. The minimum absolute atomic E-state index is 0.248. The molecule has 17 heavy (non-hydrogen) atoms. The normalized spacial score (nSPS) is 9.94. The van der Waals surface area contributed by atoms with E-state index in [1.54, 1.807) is 42.6 Å². The van der Waals surface area contributed by atoms with Crippen molar-refractivity contribution in [3.05, 3.63) is 52.8 Å². The van der Waals surface area contributed by atoms with Gasteiger partial charge in [0, 0.05) is 22.0 Å². The smallest absolute Gasteiger partial charge is 0.274 e. The topological polar surface area (TPSA) is 68.0 Å². The van der Waals surface area contributed by atoms with Gasteiger partial charge in [-0.1, -0.05) is 0 Å². The molecule has 0 saturated heterocycles. The molecule has 0 aliphatic carbocycles. The van der Waals surface area contributed by atoms with Crippen molar-refractivity contribution in [1.82, 2.24) is 4.98 Å². The van der Waals surface area contributed by atoms with Gasteiger partial charge in [0.05, 0.1) is 0 Å². The van der Waals surface area contributed by atoms with Crippen LogP contribution in [-0.4, -0.2) is 10.9 Å². The standard InChI is InChI=1S/C12H10BrN3O/c13-8-1-6-11(15-7-8)12(17)16-10-4-2-9(14)3-5-10/h1-7H,14H2,(H,16,17). The molecule has 86 valence electrons. The molecular weight excluding hydrogens is 282 g/mol. The maximum Gasteiger partial charge on any atom is 0.274 e. The fourth-order valence-corrected chi connectivity index (χ4v) is 1.51. The zero-order valence-electron chi connectivity index (χ0n) is 8.85. The van der Waals surface area contributed by atoms with Crippen molar-refractivity contribution in [2.45, 2.75) is 0 Å². The average Bonchev–Trinajstić information content (AvgIpc) is 2.33. The summed E-state index contributed by atoms with van der Waals surface area (Å²) < 4.78 is 0.835. The van der Waals surface area contributed by atoms with Gasteiger partial charge in [-0.2, -0.15) is 0 Å². The summed E-state index contributed by atoms with van der Waals surface area (Å²) in [6.07, 6.45) is 1.58. The summed E-state index contributed by atoms with van der Waals surface area (Å²) in [4.78, 5) is 15.8. The first-order chi connectivity index (χ1) is 8.15. The lowest BCUT2D eigenvalue weighted by Crippen LogP contribution is -2.13. The molecule has 5 heteroatoms. The van der Waals surface area contributed by atoms with Crippen molar-refractivity contribution in [3.63, 3.8) is 0 Å². The van der Waals surface area contributed by atoms with Crippen LogP contribution in [0, 0.1) is 0 Å². The van der Waals surface area contributed by atoms with Crippen LogP contribution in [0.2, 0.25) is 0 Å². The molecule has 1 amide bonds. The number of halogens is 1. The van der Waals surface area contributed by atoms with Crippen molar-refractivity contribution in [1.29, 1.82) is 0 Å². The highest BCUT2D eigenvalue weighted by Gasteiger charge is 2.06. The second kappa shape index (κ2) is 4.97. The number of anilines is 2. The minimum atomic E-state index is -0.248. The van der Waals surface area contributed by atoms with Gasteiger partial charge in [-0.3, -0.25) is 4.79 Å². The van der Waals surface area contributed by atoms with Crippen LogP contribution >= 0.6 is 15.9 Å². The number of hydrogen-bond acceptors (Lipinski definition) is 3. The first-order valence-corrected chi connectivity index (χ1v) is 5.73. The van der Waals surface area contributed by atoms with E-state index in [4.69, 9.17) is 5.73 Å². The number of aromatic nitrogens is 1. The molecule has 0 saturated carbocycles. The van der Waals surface area contributed by atoms with Crippen molar-refractivity contribution < 1.29 is 4.79 Å². The third kappa shape index (κ3) is 3.04. The summed E-state index contributed by atoms with van der Waals surface area (Å²) >= 11 is 3.26. The summed E-state index contributed by atoms with van der Waals surface area (Å²) in [7, 11) is 0. The number of carbonyl (C=O) groups is 1. The Hall–Kier alpha value is -1.88. The van der Waals surface area contributed by atoms with Gasteiger partial charge in [-0.25, -0.2) is 4.98 Å². The first kappa shape index (κ1) is 11.6. The fourth-order valence-electron chi connectivity index (χ4n) is 1.27. The molecule has 0 radical (unpaired) electrons. The number of benzene rings is 1. The second-order valence-electron chi connectivity index (χ2n) is 3.44. The van der Waals surface area contributed by atoms with Crippen LogP contribution in [-0.2, 0) is 0 Å². The first-order valence-electron chi connectivity index (χ1n) is 4.93. The molecule has 0 fully saturated rings. The minimum Gasteiger partial charge on any atom is -0.399 e. The molecule has 1 heterocycles. The van der Waals surface area contributed by atoms with Crippen molar-refractivity contribution >= 4 is 33.2 Å². The van der Waals surface area contributed by atoms with Crippen LogP contribution in [0.4, 0.5) is 11.4 Å². The summed E-state index contributed by atoms with van der Waals surface area (Å²) in [6, 6.07) is 10.4. The van der Waals surface area contributed by atoms with E-state index < -0.39 is 0 Å². The number of hydrogen-bond donors (Lipinski definition) is 2. The highest BCUT2D eigenvalue weighted by molar-refractivity contribution is 9.10. The lowest BCUT2D eigenvalue weighted by molar-refractivity contribution is 0.102. The number of pyridine rings is 1. The quantitative estimate of drug-likeness (QED) is 0.836. The predicted molar refractivity (Wildman–Crippen MR) is 70.7 cm³/mol. The van der Waals surface area contributed by atoms with Crippen LogP contribution in [0.1, 0.15) is 10.5 Å². The average molecular weight is 292 g/mol. The van der Waals surface area contributed by atoms with Gasteiger partial charge < -0.3 is 11.1 Å². The third-order valence-electron chi connectivity index (χ3n) is 2.13. The summed E-state index contributed by atoms with van der Waals surface area (Å²) in [5, 5.41) is 2.73. The number of nitrogen functional groups attached to an aromatic ring is 1. The van der Waals surface area contributed by atoms with Crippen molar-refractivity contribution in [3.8, 4) is 0 Å². The van der Waals surface area contributed by atoms with E-state index in [-0.39, 0.29) is 5.91 Å². The maximum absolute atomic E-state index is 11.8. The van der Waals surface area contributed by atoms with E-state index in [1.807, 2.05) is 0 Å². The third-order valence-corrected chi connectivity index (χ3v) is 2.60. The molecule has 0 atom stereocenters. The van der Waals surface area contributed by atoms with E-state index in [9.17, 15) is 4.79 Å². The second-order valence-corrected chi connectivity index (χ2v) is 4.35. The number of nitrogens with two attached hydrogens (primary N) is 1. The number of nitrogens with zero attached hydrogens (tertiary/aromatic N) is 1. The number of rotatable bonds is 2. The van der Waals surface area contributed by atoms with E-state index in [0.29, 0.717) is 17.1 Å². The van der Waals surface area contributed by atoms with Gasteiger partial charge in [0.2, 0.25) is 0 Å². The van der Waals surface area contributed by atoms with Gasteiger partial charge in [0.15, 0.2) is 0 Å². The van der Waals surface area contributed by atoms with Gasteiger partial charge >= 0.3 is 0 Å². The highest BCUT2D eigenvalue weighted by Crippen LogP contribution is 2.12. The van der Waals surface area contributed by atoms with Gasteiger partial charge in [-0.05, 0) is 52.3 Å². The van der Waals surface area contributed by atoms with Gasteiger partial charge in [-0.15, -0.1) is 0 Å².